The molecule has 0 amide bonds. The summed E-state index contributed by atoms with van der Waals surface area (Å²) < 4.78 is 1.65. The second kappa shape index (κ2) is 3.97. The molecule has 0 saturated heterocycles. The number of aromatic carboxylic acids is 1. The topological polar surface area (TPSA) is 55.1 Å². The van der Waals surface area contributed by atoms with E-state index in [9.17, 15) is 4.79 Å². The lowest BCUT2D eigenvalue weighted by Crippen LogP contribution is -2.11. The molecule has 0 aliphatic rings. The van der Waals surface area contributed by atoms with E-state index >= 15 is 0 Å². The van der Waals surface area contributed by atoms with Crippen molar-refractivity contribution in [1.82, 2.24) is 9.55 Å². The maximum absolute atomic E-state index is 10.6. The van der Waals surface area contributed by atoms with Gasteiger partial charge < -0.3 is 9.67 Å². The zero-order chi connectivity index (χ0) is 10.7. The Bertz CT molecular complexity index is 374. The van der Waals surface area contributed by atoms with Gasteiger partial charge in [-0.2, -0.15) is 0 Å². The number of terminal acetylenes is 1. The maximum Gasteiger partial charge on any atom is 0.356 e. The zero-order valence-electron chi connectivity index (χ0n) is 8.14. The SMILES string of the molecule is C#CC(C(C)C)n1cnc(C(=O)O)c1. The van der Waals surface area contributed by atoms with Crippen molar-refractivity contribution in [2.24, 2.45) is 5.92 Å². The largest absolute Gasteiger partial charge is 0.476 e. The van der Waals surface area contributed by atoms with E-state index in [2.05, 4.69) is 10.9 Å². The Morgan fingerprint density at radius 3 is 2.71 bits per heavy atom. The Morgan fingerprint density at radius 2 is 2.36 bits per heavy atom. The third-order valence-corrected chi connectivity index (χ3v) is 1.94. The highest BCUT2D eigenvalue weighted by Gasteiger charge is 2.14. The number of aromatic nitrogens is 2. The van der Waals surface area contributed by atoms with Crippen LogP contribution in [0.2, 0.25) is 0 Å². The Morgan fingerprint density at radius 1 is 1.71 bits per heavy atom. The average Bonchev–Trinajstić information content (AvgIpc) is 2.53. The molecule has 0 spiro atoms. The first-order valence-corrected chi connectivity index (χ1v) is 4.29. The van der Waals surface area contributed by atoms with Crippen LogP contribution in [0.4, 0.5) is 0 Å². The zero-order valence-corrected chi connectivity index (χ0v) is 8.14. The highest BCUT2D eigenvalue weighted by atomic mass is 16.4. The van der Waals surface area contributed by atoms with Crippen LogP contribution in [0.1, 0.15) is 30.4 Å². The first-order chi connectivity index (χ1) is 6.56. The van der Waals surface area contributed by atoms with Crippen molar-refractivity contribution in [3.05, 3.63) is 18.2 Å². The van der Waals surface area contributed by atoms with Crippen LogP contribution in [0, 0.1) is 18.3 Å². The van der Waals surface area contributed by atoms with E-state index < -0.39 is 5.97 Å². The molecule has 1 aromatic heterocycles. The predicted octanol–water partition coefficient (Wildman–Crippen LogP) is 1.41. The summed E-state index contributed by atoms with van der Waals surface area (Å²) in [6.07, 6.45) is 8.25. The van der Waals surface area contributed by atoms with Gasteiger partial charge in [0.05, 0.1) is 12.4 Å². The number of hydrogen-bond donors (Lipinski definition) is 1. The lowest BCUT2D eigenvalue weighted by molar-refractivity contribution is 0.0691. The monoisotopic (exact) mass is 192 g/mol. The summed E-state index contributed by atoms with van der Waals surface area (Å²) in [5, 5.41) is 8.66. The standard InChI is InChI=1S/C10H12N2O2/c1-4-9(7(2)3)12-5-8(10(13)14)11-6-12/h1,5-7,9H,2-3H3,(H,13,14). The van der Waals surface area contributed by atoms with Crippen molar-refractivity contribution in [3.8, 4) is 12.3 Å². The molecule has 0 bridgehead atoms. The van der Waals surface area contributed by atoms with E-state index in [-0.39, 0.29) is 17.7 Å². The molecule has 1 atom stereocenters. The van der Waals surface area contributed by atoms with E-state index in [0.717, 1.165) is 0 Å². The van der Waals surface area contributed by atoms with Gasteiger partial charge in [-0.15, -0.1) is 6.42 Å². The summed E-state index contributed by atoms with van der Waals surface area (Å²) in [4.78, 5) is 14.3. The minimum absolute atomic E-state index is 0.0194. The number of carboxylic acids is 1. The van der Waals surface area contributed by atoms with Crippen LogP contribution < -0.4 is 0 Å². The third-order valence-electron chi connectivity index (χ3n) is 1.94. The molecular weight excluding hydrogens is 180 g/mol. The molecule has 14 heavy (non-hydrogen) atoms. The summed E-state index contributed by atoms with van der Waals surface area (Å²) in [5.74, 6) is 1.81. The molecule has 0 fully saturated rings. The van der Waals surface area contributed by atoms with Gasteiger partial charge >= 0.3 is 5.97 Å². The van der Waals surface area contributed by atoms with Gasteiger partial charge in [-0.1, -0.05) is 19.8 Å². The van der Waals surface area contributed by atoms with E-state index in [1.165, 1.54) is 12.5 Å². The van der Waals surface area contributed by atoms with Gasteiger partial charge in [-0.05, 0) is 5.92 Å². The average molecular weight is 192 g/mol. The van der Waals surface area contributed by atoms with Crippen LogP contribution in [-0.4, -0.2) is 20.6 Å². The molecule has 1 unspecified atom stereocenters. The summed E-state index contributed by atoms with van der Waals surface area (Å²) in [6.45, 7) is 3.95. The number of imidazole rings is 1. The van der Waals surface area contributed by atoms with Crippen LogP contribution in [0.5, 0.6) is 0 Å². The fourth-order valence-electron chi connectivity index (χ4n) is 1.22. The molecule has 1 heterocycles. The number of carboxylic acid groups (broad SMARTS) is 1. The van der Waals surface area contributed by atoms with Crippen LogP contribution in [0.15, 0.2) is 12.5 Å². The number of nitrogens with zero attached hydrogens (tertiary/aromatic N) is 2. The molecule has 0 saturated carbocycles. The van der Waals surface area contributed by atoms with E-state index in [1.54, 1.807) is 4.57 Å². The third kappa shape index (κ3) is 1.94. The number of carbonyl (C=O) groups is 1. The normalized spacial score (nSPS) is 12.4. The summed E-state index contributed by atoms with van der Waals surface area (Å²) in [5.41, 5.74) is 0.0194. The Hall–Kier alpha value is -1.76. The van der Waals surface area contributed by atoms with Gasteiger partial charge in [0.2, 0.25) is 0 Å². The van der Waals surface area contributed by atoms with Crippen molar-refractivity contribution < 1.29 is 9.90 Å². The summed E-state index contributed by atoms with van der Waals surface area (Å²) in [7, 11) is 0. The fraction of sp³-hybridized carbons (Fsp3) is 0.400. The molecule has 1 rings (SSSR count). The lowest BCUT2D eigenvalue weighted by Gasteiger charge is -2.15. The molecule has 0 radical (unpaired) electrons. The molecule has 0 aromatic carbocycles. The van der Waals surface area contributed by atoms with E-state index in [1.807, 2.05) is 13.8 Å². The van der Waals surface area contributed by atoms with Gasteiger partial charge in [0.1, 0.15) is 0 Å². The smallest absolute Gasteiger partial charge is 0.356 e. The molecule has 0 aliphatic carbocycles. The van der Waals surface area contributed by atoms with Gasteiger partial charge in [0.15, 0.2) is 5.69 Å². The Labute approximate surface area is 82.6 Å². The molecule has 1 aromatic rings. The Kier molecular flexibility index (Phi) is 2.92. The van der Waals surface area contributed by atoms with E-state index in [0.29, 0.717) is 0 Å². The number of rotatable bonds is 3. The van der Waals surface area contributed by atoms with Gasteiger partial charge in [-0.25, -0.2) is 9.78 Å². The molecule has 4 heteroatoms. The van der Waals surface area contributed by atoms with Gasteiger partial charge in [-0.3, -0.25) is 0 Å². The first-order valence-electron chi connectivity index (χ1n) is 4.29. The highest BCUT2D eigenvalue weighted by molar-refractivity contribution is 5.84. The van der Waals surface area contributed by atoms with Crippen molar-refractivity contribution in [3.63, 3.8) is 0 Å². The Balaban J connectivity index is 2.96. The maximum atomic E-state index is 10.6. The molecule has 0 aliphatic heterocycles. The molecular formula is C10H12N2O2. The molecule has 4 nitrogen and oxygen atoms in total. The quantitative estimate of drug-likeness (QED) is 0.737. The van der Waals surface area contributed by atoms with Gasteiger partial charge in [0.25, 0.3) is 0 Å². The highest BCUT2D eigenvalue weighted by Crippen LogP contribution is 2.16. The number of hydrogen-bond acceptors (Lipinski definition) is 2. The van der Waals surface area contributed by atoms with E-state index in [4.69, 9.17) is 11.5 Å². The van der Waals surface area contributed by atoms with Crippen LogP contribution >= 0.6 is 0 Å². The molecule has 74 valence electrons. The predicted molar refractivity (Wildman–Crippen MR) is 51.9 cm³/mol. The van der Waals surface area contributed by atoms with Gasteiger partial charge in [0, 0.05) is 6.20 Å². The van der Waals surface area contributed by atoms with Crippen molar-refractivity contribution in [2.75, 3.05) is 0 Å². The van der Waals surface area contributed by atoms with Crippen molar-refractivity contribution in [2.45, 2.75) is 19.9 Å². The minimum atomic E-state index is -1.04. The van der Waals surface area contributed by atoms with Crippen LogP contribution in [0.3, 0.4) is 0 Å². The second-order valence-electron chi connectivity index (χ2n) is 3.37. The van der Waals surface area contributed by atoms with Crippen molar-refractivity contribution in [1.29, 1.82) is 0 Å². The van der Waals surface area contributed by atoms with Crippen LogP contribution in [0.25, 0.3) is 0 Å². The molecule has 1 N–H and O–H groups in total. The van der Waals surface area contributed by atoms with Crippen molar-refractivity contribution >= 4 is 5.97 Å². The second-order valence-corrected chi connectivity index (χ2v) is 3.37. The minimum Gasteiger partial charge on any atom is -0.476 e. The fourth-order valence-corrected chi connectivity index (χ4v) is 1.22. The summed E-state index contributed by atoms with van der Waals surface area (Å²) in [6, 6.07) is -0.143. The van der Waals surface area contributed by atoms with Crippen LogP contribution in [-0.2, 0) is 0 Å². The lowest BCUT2D eigenvalue weighted by atomic mass is 10.1. The first kappa shape index (κ1) is 10.3. The summed E-state index contributed by atoms with van der Waals surface area (Å²) >= 11 is 0.